The van der Waals surface area contributed by atoms with E-state index < -0.39 is 0 Å². The minimum atomic E-state index is 0.316. The Hall–Kier alpha value is -1.62. The normalized spacial score (nSPS) is 12.2. The zero-order chi connectivity index (χ0) is 14.5. The van der Waals surface area contributed by atoms with Crippen molar-refractivity contribution in [2.24, 2.45) is 0 Å². The van der Waals surface area contributed by atoms with Gasteiger partial charge in [-0.15, -0.1) is 11.3 Å². The molecule has 2 aromatic rings. The Morgan fingerprint density at radius 2 is 2.10 bits per heavy atom. The second-order valence-electron chi connectivity index (χ2n) is 4.85. The molecule has 108 valence electrons. The molecule has 0 saturated carbocycles. The van der Waals surface area contributed by atoms with Crippen LogP contribution in [0.15, 0.2) is 18.5 Å². The molecule has 0 saturated heterocycles. The Labute approximate surface area is 124 Å². The van der Waals surface area contributed by atoms with Crippen LogP contribution in [0.4, 0.5) is 5.82 Å². The molecule has 0 aliphatic heterocycles. The number of hydrogen-bond acceptors (Lipinski definition) is 5. The highest BCUT2D eigenvalue weighted by Gasteiger charge is 2.11. The molecule has 4 nitrogen and oxygen atoms in total. The van der Waals surface area contributed by atoms with Gasteiger partial charge in [-0.25, -0.2) is 9.97 Å². The lowest BCUT2D eigenvalue weighted by atomic mass is 10.2. The van der Waals surface area contributed by atoms with Gasteiger partial charge in [0.15, 0.2) is 0 Å². The monoisotopic (exact) mass is 291 g/mol. The minimum absolute atomic E-state index is 0.316. The lowest BCUT2D eigenvalue weighted by Gasteiger charge is -2.16. The quantitative estimate of drug-likeness (QED) is 0.883. The highest BCUT2D eigenvalue weighted by Crippen LogP contribution is 2.22. The third-order valence-electron chi connectivity index (χ3n) is 3.01. The van der Waals surface area contributed by atoms with E-state index in [1.54, 1.807) is 6.33 Å². The van der Waals surface area contributed by atoms with E-state index in [0.29, 0.717) is 18.5 Å². The SMILES string of the molecule is CCOc1ncnc(NC(C)Cc2ccc(C)s2)c1C. The molecular formula is C15H21N3OS. The van der Waals surface area contributed by atoms with Gasteiger partial charge in [0, 0.05) is 22.2 Å². The number of hydrogen-bond donors (Lipinski definition) is 1. The van der Waals surface area contributed by atoms with Gasteiger partial charge >= 0.3 is 0 Å². The van der Waals surface area contributed by atoms with Crippen molar-refractivity contribution in [2.75, 3.05) is 11.9 Å². The molecule has 5 heteroatoms. The number of nitrogens with one attached hydrogen (secondary N) is 1. The fourth-order valence-corrected chi connectivity index (χ4v) is 3.06. The summed E-state index contributed by atoms with van der Waals surface area (Å²) >= 11 is 1.84. The number of thiophene rings is 1. The fraction of sp³-hybridized carbons (Fsp3) is 0.467. The lowest BCUT2D eigenvalue weighted by Crippen LogP contribution is -2.19. The maximum Gasteiger partial charge on any atom is 0.221 e. The summed E-state index contributed by atoms with van der Waals surface area (Å²) in [6.45, 7) is 8.85. The first-order valence-corrected chi connectivity index (χ1v) is 7.68. The fourth-order valence-electron chi connectivity index (χ4n) is 2.04. The van der Waals surface area contributed by atoms with Crippen molar-refractivity contribution in [3.8, 4) is 5.88 Å². The Balaban J connectivity index is 2.03. The summed E-state index contributed by atoms with van der Waals surface area (Å²) in [5.74, 6) is 1.51. The predicted octanol–water partition coefficient (Wildman–Crippen LogP) is 3.60. The molecule has 0 amide bonds. The Kier molecular flexibility index (Phi) is 4.95. The summed E-state index contributed by atoms with van der Waals surface area (Å²) in [6, 6.07) is 4.67. The van der Waals surface area contributed by atoms with Crippen molar-refractivity contribution in [2.45, 2.75) is 40.2 Å². The van der Waals surface area contributed by atoms with Crippen LogP contribution in [-0.4, -0.2) is 22.6 Å². The molecule has 1 N–H and O–H groups in total. The molecule has 1 unspecified atom stereocenters. The number of ether oxygens (including phenoxy) is 1. The molecule has 2 heterocycles. The van der Waals surface area contributed by atoms with Crippen LogP contribution < -0.4 is 10.1 Å². The van der Waals surface area contributed by atoms with Crippen molar-refractivity contribution in [3.05, 3.63) is 33.8 Å². The van der Waals surface area contributed by atoms with Gasteiger partial charge in [-0.2, -0.15) is 0 Å². The number of anilines is 1. The molecule has 20 heavy (non-hydrogen) atoms. The molecule has 2 rings (SSSR count). The van der Waals surface area contributed by atoms with E-state index in [1.165, 1.54) is 9.75 Å². The van der Waals surface area contributed by atoms with Crippen LogP contribution in [-0.2, 0) is 6.42 Å². The van der Waals surface area contributed by atoms with Crippen molar-refractivity contribution in [1.82, 2.24) is 9.97 Å². The summed E-state index contributed by atoms with van der Waals surface area (Å²) in [7, 11) is 0. The van der Waals surface area contributed by atoms with Gasteiger partial charge in [-0.3, -0.25) is 0 Å². The smallest absolute Gasteiger partial charge is 0.221 e. The molecule has 2 aromatic heterocycles. The molecule has 0 spiro atoms. The van der Waals surface area contributed by atoms with Crippen LogP contribution in [0, 0.1) is 13.8 Å². The molecule has 0 bridgehead atoms. The minimum Gasteiger partial charge on any atom is -0.478 e. The summed E-state index contributed by atoms with van der Waals surface area (Å²) in [6.07, 6.45) is 2.54. The standard InChI is InChI=1S/C15H21N3OS/c1-5-19-15-12(4)14(16-9-17-15)18-10(2)8-13-7-6-11(3)20-13/h6-7,9-10H,5,8H2,1-4H3,(H,16,17,18). The van der Waals surface area contributed by atoms with Crippen LogP contribution in [0.3, 0.4) is 0 Å². The first-order valence-electron chi connectivity index (χ1n) is 6.86. The van der Waals surface area contributed by atoms with Gasteiger partial charge < -0.3 is 10.1 Å². The van der Waals surface area contributed by atoms with Gasteiger partial charge in [0.2, 0.25) is 5.88 Å². The molecule has 0 aromatic carbocycles. The Morgan fingerprint density at radius 3 is 2.75 bits per heavy atom. The average Bonchev–Trinajstić information content (AvgIpc) is 2.80. The largest absolute Gasteiger partial charge is 0.478 e. The second-order valence-corrected chi connectivity index (χ2v) is 6.22. The van der Waals surface area contributed by atoms with E-state index in [2.05, 4.69) is 41.3 Å². The zero-order valence-corrected chi connectivity index (χ0v) is 13.3. The highest BCUT2D eigenvalue weighted by atomic mass is 32.1. The lowest BCUT2D eigenvalue weighted by molar-refractivity contribution is 0.324. The van der Waals surface area contributed by atoms with Gasteiger partial charge in [0.1, 0.15) is 12.1 Å². The molecule has 1 atom stereocenters. The van der Waals surface area contributed by atoms with Gasteiger partial charge in [0.05, 0.1) is 12.2 Å². The molecule has 0 aliphatic carbocycles. The van der Waals surface area contributed by atoms with E-state index in [9.17, 15) is 0 Å². The first kappa shape index (κ1) is 14.8. The third-order valence-corrected chi connectivity index (χ3v) is 4.03. The van der Waals surface area contributed by atoms with Crippen molar-refractivity contribution in [1.29, 1.82) is 0 Å². The Bertz CT molecular complexity index is 568. The molecule has 0 radical (unpaired) electrons. The van der Waals surface area contributed by atoms with Crippen LogP contribution >= 0.6 is 11.3 Å². The topological polar surface area (TPSA) is 47.0 Å². The summed E-state index contributed by atoms with van der Waals surface area (Å²) < 4.78 is 5.49. The van der Waals surface area contributed by atoms with Gasteiger partial charge in [-0.1, -0.05) is 0 Å². The van der Waals surface area contributed by atoms with Crippen LogP contribution in [0.5, 0.6) is 5.88 Å². The van der Waals surface area contributed by atoms with Gasteiger partial charge in [-0.05, 0) is 39.8 Å². The van der Waals surface area contributed by atoms with Crippen molar-refractivity contribution >= 4 is 17.2 Å². The zero-order valence-electron chi connectivity index (χ0n) is 12.4. The average molecular weight is 291 g/mol. The summed E-state index contributed by atoms with van der Waals surface area (Å²) in [4.78, 5) is 11.2. The maximum atomic E-state index is 5.49. The van der Waals surface area contributed by atoms with E-state index >= 15 is 0 Å². The highest BCUT2D eigenvalue weighted by molar-refractivity contribution is 7.11. The summed E-state index contributed by atoms with van der Waals surface area (Å²) in [5, 5.41) is 3.44. The number of nitrogens with zero attached hydrogens (tertiary/aromatic N) is 2. The molecule has 0 aliphatic rings. The van der Waals surface area contributed by atoms with E-state index in [-0.39, 0.29) is 0 Å². The van der Waals surface area contributed by atoms with Crippen LogP contribution in [0.1, 0.15) is 29.2 Å². The predicted molar refractivity (Wildman–Crippen MR) is 83.8 cm³/mol. The van der Waals surface area contributed by atoms with E-state index in [0.717, 1.165) is 17.8 Å². The van der Waals surface area contributed by atoms with Gasteiger partial charge in [0.25, 0.3) is 0 Å². The van der Waals surface area contributed by atoms with Crippen molar-refractivity contribution < 1.29 is 4.74 Å². The van der Waals surface area contributed by atoms with Crippen molar-refractivity contribution in [3.63, 3.8) is 0 Å². The number of aryl methyl sites for hydroxylation is 1. The third kappa shape index (κ3) is 3.70. The van der Waals surface area contributed by atoms with Crippen LogP contribution in [0.25, 0.3) is 0 Å². The summed E-state index contributed by atoms with van der Waals surface area (Å²) in [5.41, 5.74) is 0.962. The number of aromatic nitrogens is 2. The maximum absolute atomic E-state index is 5.49. The van der Waals surface area contributed by atoms with E-state index in [1.807, 2.05) is 25.2 Å². The molecular weight excluding hydrogens is 270 g/mol. The van der Waals surface area contributed by atoms with Crippen LogP contribution in [0.2, 0.25) is 0 Å². The first-order chi connectivity index (χ1) is 9.60. The number of rotatable bonds is 6. The van der Waals surface area contributed by atoms with E-state index in [4.69, 9.17) is 4.74 Å². The molecule has 0 fully saturated rings. The second kappa shape index (κ2) is 6.70. The Morgan fingerprint density at radius 1 is 1.30 bits per heavy atom.